The van der Waals surface area contributed by atoms with E-state index in [-0.39, 0.29) is 43.9 Å². The lowest BCUT2D eigenvalue weighted by atomic mass is 9.80. The van der Waals surface area contributed by atoms with E-state index in [0.29, 0.717) is 63.9 Å². The van der Waals surface area contributed by atoms with Crippen molar-refractivity contribution in [2.75, 3.05) is 11.9 Å². The molecule has 2 aromatic heterocycles. The molecule has 0 aliphatic heterocycles. The number of nitrogens with two attached hydrogens (primary N) is 1. The van der Waals surface area contributed by atoms with E-state index in [1.165, 1.54) is 6.08 Å². The van der Waals surface area contributed by atoms with Gasteiger partial charge >= 0.3 is 5.97 Å². The Morgan fingerprint density at radius 3 is 2.45 bits per heavy atom. The average Bonchev–Trinajstić information content (AvgIpc) is 3.62. The predicted molar refractivity (Wildman–Crippen MR) is 216 cm³/mol. The lowest BCUT2D eigenvalue weighted by molar-refractivity contribution is -0.138. The molecular weight excluding hydrogens is 745 g/mol. The average molecular weight is 799 g/mol. The van der Waals surface area contributed by atoms with Gasteiger partial charge in [0.05, 0.1) is 5.69 Å². The van der Waals surface area contributed by atoms with Crippen molar-refractivity contribution in [1.29, 1.82) is 0 Å². The molecule has 0 unspecified atom stereocenters. The molecule has 0 saturated heterocycles. The van der Waals surface area contributed by atoms with Crippen LogP contribution in [-0.4, -0.2) is 74.7 Å². The number of fused-ring (bicyclic) bond motifs is 1. The zero-order chi connectivity index (χ0) is 41.3. The minimum Gasteiger partial charge on any atom is -0.481 e. The third kappa shape index (κ3) is 13.3. The monoisotopic (exact) mass is 798 g/mol. The van der Waals surface area contributed by atoms with E-state index in [9.17, 15) is 33.9 Å². The van der Waals surface area contributed by atoms with Gasteiger partial charge in [0, 0.05) is 43.6 Å². The minimum atomic E-state index is -1.26. The summed E-state index contributed by atoms with van der Waals surface area (Å²) in [4.78, 5) is 85.9. The molecule has 1 fully saturated rings. The summed E-state index contributed by atoms with van der Waals surface area (Å²) < 4.78 is 5.81. The largest absolute Gasteiger partial charge is 0.481 e. The number of nitrogens with zero attached hydrogens (tertiary/aromatic N) is 2. The Bertz CT molecular complexity index is 1910. The number of carboxylic acid groups (broad SMARTS) is 1. The first-order valence-corrected chi connectivity index (χ1v) is 20.1. The second-order valence-corrected chi connectivity index (χ2v) is 15.0. The van der Waals surface area contributed by atoms with E-state index >= 15 is 0 Å². The maximum atomic E-state index is 13.9. The van der Waals surface area contributed by atoms with E-state index in [1.54, 1.807) is 24.5 Å². The van der Waals surface area contributed by atoms with Gasteiger partial charge in [0.1, 0.15) is 17.6 Å². The molecule has 5 amide bonds. The SMILES string of the molecule is NC(=O)C1(NC(=O)[C@@H](CCCC(=O)O)NC(=O)[C@@H](CCCCNC(=O)/C=C/c2cccnc2)NC(=O)CC2=CC=C(Nc3nc4c(o3)C=CCC4)CC2)CCCCC1. The molecule has 5 rings (SSSR count). The van der Waals surface area contributed by atoms with Gasteiger partial charge < -0.3 is 41.8 Å². The number of carboxylic acids is 1. The first kappa shape index (κ1) is 43.1. The van der Waals surface area contributed by atoms with Crippen LogP contribution in [-0.2, 0) is 35.2 Å². The number of rotatable bonds is 21. The molecule has 3 aliphatic rings. The number of unbranched alkanes of at least 4 members (excludes halogenated alkanes) is 1. The maximum Gasteiger partial charge on any atom is 0.303 e. The Kier molecular flexibility index (Phi) is 15.9. The molecule has 8 N–H and O–H groups in total. The number of hydrogen-bond acceptors (Lipinski definition) is 10. The lowest BCUT2D eigenvalue weighted by Gasteiger charge is -2.36. The highest BCUT2D eigenvalue weighted by Gasteiger charge is 2.41. The molecule has 58 heavy (non-hydrogen) atoms. The summed E-state index contributed by atoms with van der Waals surface area (Å²) in [6, 6.07) is 1.78. The van der Waals surface area contributed by atoms with Crippen LogP contribution in [0.5, 0.6) is 0 Å². The van der Waals surface area contributed by atoms with Crippen LogP contribution < -0.4 is 32.3 Å². The summed E-state index contributed by atoms with van der Waals surface area (Å²) in [5.74, 6) is -2.92. The predicted octanol–water partition coefficient (Wildman–Crippen LogP) is 3.96. The van der Waals surface area contributed by atoms with E-state index in [2.05, 4.69) is 36.6 Å². The molecule has 3 aliphatic carbocycles. The van der Waals surface area contributed by atoms with Crippen molar-refractivity contribution >= 4 is 53.7 Å². The van der Waals surface area contributed by atoms with Gasteiger partial charge in [0.15, 0.2) is 5.76 Å². The van der Waals surface area contributed by atoms with E-state index in [4.69, 9.17) is 10.2 Å². The zero-order valence-corrected chi connectivity index (χ0v) is 32.7. The van der Waals surface area contributed by atoms with E-state index < -0.39 is 41.3 Å². The first-order chi connectivity index (χ1) is 28.0. The Morgan fingerprint density at radius 1 is 0.948 bits per heavy atom. The molecule has 2 aromatic rings. The van der Waals surface area contributed by atoms with Crippen LogP contribution in [0.1, 0.15) is 113 Å². The molecule has 1 saturated carbocycles. The number of pyridine rings is 1. The lowest BCUT2D eigenvalue weighted by Crippen LogP contribution is -2.62. The molecule has 16 heteroatoms. The third-order valence-corrected chi connectivity index (χ3v) is 10.5. The fourth-order valence-electron chi connectivity index (χ4n) is 7.23. The highest BCUT2D eigenvalue weighted by Crippen LogP contribution is 2.29. The van der Waals surface area contributed by atoms with Crippen LogP contribution in [0.4, 0.5) is 6.01 Å². The van der Waals surface area contributed by atoms with Crippen LogP contribution in [0.2, 0.25) is 0 Å². The van der Waals surface area contributed by atoms with Gasteiger partial charge in [-0.3, -0.25) is 33.8 Å². The zero-order valence-electron chi connectivity index (χ0n) is 32.7. The number of allylic oxidation sites excluding steroid dienone is 4. The first-order valence-electron chi connectivity index (χ1n) is 20.1. The van der Waals surface area contributed by atoms with Crippen molar-refractivity contribution in [3.05, 3.63) is 77.1 Å². The van der Waals surface area contributed by atoms with Gasteiger partial charge in [-0.25, -0.2) is 0 Å². The number of carbonyl (C=O) groups is 6. The van der Waals surface area contributed by atoms with Gasteiger partial charge in [-0.05, 0) is 100 Å². The summed E-state index contributed by atoms with van der Waals surface area (Å²) in [6.45, 7) is 0.316. The normalized spacial score (nSPS) is 16.8. The van der Waals surface area contributed by atoms with Gasteiger partial charge in [-0.2, -0.15) is 4.98 Å². The fraction of sp³-hybridized carbons (Fsp3) is 0.476. The van der Waals surface area contributed by atoms with Gasteiger partial charge in [-0.1, -0.05) is 43.1 Å². The topological polar surface area (TPSA) is 248 Å². The number of anilines is 1. The number of nitrogens with one attached hydrogen (secondary N) is 5. The van der Waals surface area contributed by atoms with Gasteiger partial charge in [0.2, 0.25) is 29.5 Å². The Balaban J connectivity index is 1.22. The quantitative estimate of drug-likeness (QED) is 0.0704. The summed E-state index contributed by atoms with van der Waals surface area (Å²) in [7, 11) is 0. The van der Waals surface area contributed by atoms with Crippen LogP contribution in [0.3, 0.4) is 0 Å². The van der Waals surface area contributed by atoms with Crippen molar-refractivity contribution in [2.45, 2.75) is 120 Å². The third-order valence-electron chi connectivity index (χ3n) is 10.5. The second-order valence-electron chi connectivity index (χ2n) is 15.0. The van der Waals surface area contributed by atoms with Gasteiger partial charge in [-0.15, -0.1) is 0 Å². The molecule has 2 atom stereocenters. The van der Waals surface area contributed by atoms with Crippen LogP contribution in [0.15, 0.2) is 64.5 Å². The van der Waals surface area contributed by atoms with Crippen LogP contribution in [0.25, 0.3) is 12.2 Å². The number of carbonyl (C=O) groups excluding carboxylic acids is 5. The minimum absolute atomic E-state index is 0.0135. The molecule has 310 valence electrons. The summed E-state index contributed by atoms with van der Waals surface area (Å²) in [5, 5.41) is 23.7. The number of aliphatic carboxylic acids is 1. The molecule has 0 spiro atoms. The highest BCUT2D eigenvalue weighted by molar-refractivity contribution is 5.96. The number of amides is 5. The number of primary amides is 1. The van der Waals surface area contributed by atoms with Crippen molar-refractivity contribution in [3.8, 4) is 0 Å². The van der Waals surface area contributed by atoms with Crippen LogP contribution in [0, 0.1) is 0 Å². The highest BCUT2D eigenvalue weighted by atomic mass is 16.4. The van der Waals surface area contributed by atoms with E-state index in [1.807, 2.05) is 30.4 Å². The van der Waals surface area contributed by atoms with Crippen molar-refractivity contribution < 1.29 is 38.3 Å². The summed E-state index contributed by atoms with van der Waals surface area (Å²) in [5.41, 5.74) is 7.93. The molecule has 16 nitrogen and oxygen atoms in total. The Labute approximate surface area is 337 Å². The Morgan fingerprint density at radius 2 is 1.74 bits per heavy atom. The summed E-state index contributed by atoms with van der Waals surface area (Å²) in [6.07, 6.45) is 21.0. The smallest absolute Gasteiger partial charge is 0.303 e. The number of aromatic nitrogens is 2. The molecule has 2 heterocycles. The number of aryl methyl sites for hydroxylation is 1. The van der Waals surface area contributed by atoms with Crippen molar-refractivity contribution in [3.63, 3.8) is 0 Å². The summed E-state index contributed by atoms with van der Waals surface area (Å²) >= 11 is 0. The van der Waals surface area contributed by atoms with Crippen molar-refractivity contribution in [1.82, 2.24) is 31.2 Å². The Hall–Kier alpha value is -6.06. The van der Waals surface area contributed by atoms with Crippen molar-refractivity contribution in [2.24, 2.45) is 5.73 Å². The molecule has 0 bridgehead atoms. The number of hydrogen-bond donors (Lipinski definition) is 7. The van der Waals surface area contributed by atoms with Crippen LogP contribution >= 0.6 is 0 Å². The molecule has 0 radical (unpaired) electrons. The number of oxazole rings is 1. The maximum absolute atomic E-state index is 13.9. The fourth-order valence-corrected chi connectivity index (χ4v) is 7.23. The van der Waals surface area contributed by atoms with Gasteiger partial charge in [0.25, 0.3) is 6.01 Å². The molecular formula is C42H54N8O8. The second kappa shape index (κ2) is 21.5. The standard InChI is InChI=1S/C42H54N8O8/c43-40(57)42(22-5-1-6-23-42)50-39(56)33(13-8-15-37(53)54)48-38(55)32(12-4-7-25-45-35(51)21-18-29-10-9-24-44-27-29)47-36(52)26-28-16-19-30(20-17-28)46-41-49-31-11-2-3-14-34(31)58-41/h3,9-10,14,16,18-19,21,24,27,32-33H,1-2,4-8,11-13,15,17,20,22-23,25-26H2,(H2,43,57)(H,45,51)(H,46,49)(H,47,52)(H,48,55)(H,50,56)(H,53,54)/b21-18+/t32-,33-/m1/s1. The van der Waals surface area contributed by atoms with E-state index in [0.717, 1.165) is 47.6 Å². The molecule has 0 aromatic carbocycles.